The molecule has 2 aromatic heterocycles. The number of thiophene rings is 1. The second kappa shape index (κ2) is 7.84. The van der Waals surface area contributed by atoms with Gasteiger partial charge in [0.2, 0.25) is 5.91 Å². The third-order valence-corrected chi connectivity index (χ3v) is 4.84. The van der Waals surface area contributed by atoms with E-state index in [1.165, 1.54) is 4.88 Å². The number of hydrogen-bond acceptors (Lipinski definition) is 3. The molecule has 0 aliphatic carbocycles. The Labute approximate surface area is 145 Å². The minimum absolute atomic E-state index is 0.0323. The van der Waals surface area contributed by atoms with Crippen LogP contribution in [0.25, 0.3) is 0 Å². The average Bonchev–Trinajstić information content (AvgIpc) is 3.31. The fraction of sp³-hybridized carbons (Fsp3) is 0.211. The van der Waals surface area contributed by atoms with E-state index in [1.807, 2.05) is 60.2 Å². The van der Waals surface area contributed by atoms with Crippen molar-refractivity contribution < 1.29 is 9.53 Å². The molecule has 1 amide bonds. The molecule has 0 bridgehead atoms. The van der Waals surface area contributed by atoms with Crippen LogP contribution >= 0.6 is 11.3 Å². The molecule has 24 heavy (non-hydrogen) atoms. The van der Waals surface area contributed by atoms with Gasteiger partial charge < -0.3 is 14.6 Å². The van der Waals surface area contributed by atoms with Crippen molar-refractivity contribution in [3.8, 4) is 5.75 Å². The lowest BCUT2D eigenvalue weighted by atomic mass is 10.1. The molecule has 3 rings (SSSR count). The zero-order chi connectivity index (χ0) is 16.8. The van der Waals surface area contributed by atoms with E-state index in [4.69, 9.17) is 4.74 Å². The van der Waals surface area contributed by atoms with Gasteiger partial charge in [-0.05, 0) is 41.3 Å². The zero-order valence-electron chi connectivity index (χ0n) is 13.5. The van der Waals surface area contributed by atoms with Crippen molar-refractivity contribution in [3.63, 3.8) is 0 Å². The summed E-state index contributed by atoms with van der Waals surface area (Å²) >= 11 is 1.67. The van der Waals surface area contributed by atoms with Crippen LogP contribution in [-0.2, 0) is 11.3 Å². The highest BCUT2D eigenvalue weighted by Gasteiger charge is 2.18. The van der Waals surface area contributed by atoms with Gasteiger partial charge in [0.15, 0.2) is 0 Å². The third kappa shape index (κ3) is 4.06. The number of carbonyl (C=O) groups excluding carboxylic acids is 1. The first-order valence-electron chi connectivity index (χ1n) is 7.82. The summed E-state index contributed by atoms with van der Waals surface area (Å²) in [4.78, 5) is 13.6. The van der Waals surface area contributed by atoms with Crippen LogP contribution in [-0.4, -0.2) is 17.6 Å². The molecule has 0 saturated heterocycles. The summed E-state index contributed by atoms with van der Waals surface area (Å²) in [6, 6.07) is 15.8. The summed E-state index contributed by atoms with van der Waals surface area (Å²) < 4.78 is 7.29. The first-order valence-corrected chi connectivity index (χ1v) is 8.69. The van der Waals surface area contributed by atoms with Crippen molar-refractivity contribution in [2.45, 2.75) is 19.0 Å². The molecule has 1 aromatic carbocycles. The molecule has 2 heterocycles. The SMILES string of the molecule is COc1cccc(CNC(=O)C[C@H](c2cccs2)n2cccc2)c1. The molecular formula is C19H20N2O2S. The molecule has 0 radical (unpaired) electrons. The fourth-order valence-corrected chi connectivity index (χ4v) is 3.45. The Bertz CT molecular complexity index is 732. The summed E-state index contributed by atoms with van der Waals surface area (Å²) in [5, 5.41) is 5.04. The van der Waals surface area contributed by atoms with Gasteiger partial charge in [-0.15, -0.1) is 11.3 Å². The lowest BCUT2D eigenvalue weighted by molar-refractivity contribution is -0.121. The van der Waals surface area contributed by atoms with Crippen LogP contribution < -0.4 is 10.1 Å². The van der Waals surface area contributed by atoms with Crippen LogP contribution in [0.4, 0.5) is 0 Å². The van der Waals surface area contributed by atoms with Gasteiger partial charge >= 0.3 is 0 Å². The van der Waals surface area contributed by atoms with E-state index in [0.717, 1.165) is 11.3 Å². The molecule has 124 valence electrons. The lowest BCUT2D eigenvalue weighted by Crippen LogP contribution is -2.26. The van der Waals surface area contributed by atoms with Gasteiger partial charge in [-0.2, -0.15) is 0 Å². The maximum Gasteiger partial charge on any atom is 0.222 e. The van der Waals surface area contributed by atoms with Crippen molar-refractivity contribution >= 4 is 17.2 Å². The number of hydrogen-bond donors (Lipinski definition) is 1. The van der Waals surface area contributed by atoms with E-state index in [1.54, 1.807) is 18.4 Å². The van der Waals surface area contributed by atoms with Crippen LogP contribution in [0.5, 0.6) is 5.75 Å². The summed E-state index contributed by atoms with van der Waals surface area (Å²) in [7, 11) is 1.64. The van der Waals surface area contributed by atoms with E-state index in [2.05, 4.69) is 16.0 Å². The Morgan fingerprint density at radius 2 is 2.04 bits per heavy atom. The van der Waals surface area contributed by atoms with Crippen LogP contribution in [0.3, 0.4) is 0 Å². The van der Waals surface area contributed by atoms with E-state index in [-0.39, 0.29) is 11.9 Å². The van der Waals surface area contributed by atoms with Gasteiger partial charge in [-0.25, -0.2) is 0 Å². The topological polar surface area (TPSA) is 43.3 Å². The Morgan fingerprint density at radius 3 is 2.75 bits per heavy atom. The highest BCUT2D eigenvalue weighted by Crippen LogP contribution is 2.26. The largest absolute Gasteiger partial charge is 0.497 e. The van der Waals surface area contributed by atoms with Gasteiger partial charge in [0.1, 0.15) is 5.75 Å². The molecule has 0 fully saturated rings. The number of nitrogens with one attached hydrogen (secondary N) is 1. The van der Waals surface area contributed by atoms with Crippen LogP contribution in [0.2, 0.25) is 0 Å². The first-order chi connectivity index (χ1) is 11.8. The number of nitrogens with zero attached hydrogens (tertiary/aromatic N) is 1. The highest BCUT2D eigenvalue weighted by molar-refractivity contribution is 7.10. The van der Waals surface area contributed by atoms with Crippen molar-refractivity contribution in [2.75, 3.05) is 7.11 Å². The number of carbonyl (C=O) groups is 1. The number of aromatic nitrogens is 1. The summed E-state index contributed by atoms with van der Waals surface area (Å²) in [5.41, 5.74) is 1.02. The number of rotatable bonds is 7. The average molecular weight is 340 g/mol. The highest BCUT2D eigenvalue weighted by atomic mass is 32.1. The van der Waals surface area contributed by atoms with Gasteiger partial charge in [0.25, 0.3) is 0 Å². The van der Waals surface area contributed by atoms with Crippen molar-refractivity contribution in [2.24, 2.45) is 0 Å². The fourth-order valence-electron chi connectivity index (χ4n) is 2.62. The predicted octanol–water partition coefficient (Wildman–Crippen LogP) is 3.85. The Hall–Kier alpha value is -2.53. The summed E-state index contributed by atoms with van der Waals surface area (Å²) in [5.74, 6) is 0.829. The summed E-state index contributed by atoms with van der Waals surface area (Å²) in [6.07, 6.45) is 4.42. The molecule has 1 atom stereocenters. The first kappa shape index (κ1) is 16.3. The molecular weight excluding hydrogens is 320 g/mol. The van der Waals surface area contributed by atoms with Gasteiger partial charge in [-0.1, -0.05) is 18.2 Å². The molecule has 0 aliphatic heterocycles. The van der Waals surface area contributed by atoms with Gasteiger partial charge in [0.05, 0.1) is 19.6 Å². The minimum Gasteiger partial charge on any atom is -0.497 e. The molecule has 0 aliphatic rings. The van der Waals surface area contributed by atoms with Crippen molar-refractivity contribution in [1.82, 2.24) is 9.88 Å². The molecule has 4 nitrogen and oxygen atoms in total. The van der Waals surface area contributed by atoms with E-state index >= 15 is 0 Å². The Morgan fingerprint density at radius 1 is 1.21 bits per heavy atom. The third-order valence-electron chi connectivity index (χ3n) is 3.86. The second-order valence-corrected chi connectivity index (χ2v) is 6.47. The van der Waals surface area contributed by atoms with Gasteiger partial charge in [0, 0.05) is 23.8 Å². The van der Waals surface area contributed by atoms with E-state index in [9.17, 15) is 4.79 Å². The Kier molecular flexibility index (Phi) is 5.33. The molecule has 0 saturated carbocycles. The van der Waals surface area contributed by atoms with Gasteiger partial charge in [-0.3, -0.25) is 4.79 Å². The lowest BCUT2D eigenvalue weighted by Gasteiger charge is -2.17. The van der Waals surface area contributed by atoms with E-state index < -0.39 is 0 Å². The zero-order valence-corrected chi connectivity index (χ0v) is 14.3. The molecule has 5 heteroatoms. The van der Waals surface area contributed by atoms with Crippen molar-refractivity contribution in [3.05, 3.63) is 76.7 Å². The van der Waals surface area contributed by atoms with Crippen molar-refractivity contribution in [1.29, 1.82) is 0 Å². The van der Waals surface area contributed by atoms with Crippen LogP contribution in [0.15, 0.2) is 66.3 Å². The van der Waals surface area contributed by atoms with Crippen LogP contribution in [0, 0.1) is 0 Å². The number of ether oxygens (including phenoxy) is 1. The van der Waals surface area contributed by atoms with Crippen LogP contribution in [0.1, 0.15) is 22.9 Å². The maximum atomic E-state index is 12.4. The number of methoxy groups -OCH3 is 1. The molecule has 3 aromatic rings. The summed E-state index contributed by atoms with van der Waals surface area (Å²) in [6.45, 7) is 0.499. The maximum absolute atomic E-state index is 12.4. The Balaban J connectivity index is 1.63. The smallest absolute Gasteiger partial charge is 0.222 e. The molecule has 1 N–H and O–H groups in total. The molecule has 0 unspecified atom stereocenters. The standard InChI is InChI=1S/C19H20N2O2S/c1-23-16-7-4-6-15(12-16)14-20-19(22)13-17(18-8-5-11-24-18)21-9-2-3-10-21/h2-12,17H,13-14H2,1H3,(H,20,22)/t17-/m1/s1. The quantitative estimate of drug-likeness (QED) is 0.710. The monoisotopic (exact) mass is 340 g/mol. The molecule has 0 spiro atoms. The number of benzene rings is 1. The normalized spacial score (nSPS) is 11.9. The van der Waals surface area contributed by atoms with E-state index in [0.29, 0.717) is 13.0 Å². The number of amides is 1. The second-order valence-electron chi connectivity index (χ2n) is 5.49. The minimum atomic E-state index is 0.0323. The predicted molar refractivity (Wildman–Crippen MR) is 96.3 cm³/mol.